The molecule has 2 aromatic carbocycles. The second-order valence-electron chi connectivity index (χ2n) is 7.10. The molecule has 27 heavy (non-hydrogen) atoms. The Balaban J connectivity index is 1.59. The number of carbonyl (C=O) groups is 1. The van der Waals surface area contributed by atoms with Gasteiger partial charge in [0.05, 0.1) is 7.11 Å². The Kier molecular flexibility index (Phi) is 6.45. The number of ether oxygens (including phenoxy) is 1. The number of rotatable bonds is 6. The molecule has 1 amide bonds. The fourth-order valence-corrected chi connectivity index (χ4v) is 3.65. The van der Waals surface area contributed by atoms with Crippen LogP contribution >= 0.6 is 0 Å². The zero-order chi connectivity index (χ0) is 19.2. The van der Waals surface area contributed by atoms with E-state index in [-0.39, 0.29) is 17.7 Å². The number of methoxy groups -OCH3 is 1. The standard InChI is InChI=1S/C22H27FN2O2/c1-24(22(26)18-10-11-21(27-2)20(23)15-18)19-9-6-13-25(16-19)14-12-17-7-4-3-5-8-17/h3-5,7-8,10-11,15,19H,6,9,12-14,16H2,1-2H3. The van der Waals surface area contributed by atoms with Crippen molar-refractivity contribution in [1.82, 2.24) is 9.80 Å². The molecule has 1 saturated heterocycles. The summed E-state index contributed by atoms with van der Waals surface area (Å²) in [6.07, 6.45) is 3.05. The third-order valence-electron chi connectivity index (χ3n) is 5.31. The van der Waals surface area contributed by atoms with E-state index in [4.69, 9.17) is 4.74 Å². The van der Waals surface area contributed by atoms with E-state index < -0.39 is 5.82 Å². The molecule has 0 N–H and O–H groups in total. The normalized spacial score (nSPS) is 17.5. The van der Waals surface area contributed by atoms with Crippen LogP contribution in [0.4, 0.5) is 4.39 Å². The summed E-state index contributed by atoms with van der Waals surface area (Å²) in [5, 5.41) is 0. The third-order valence-corrected chi connectivity index (χ3v) is 5.31. The van der Waals surface area contributed by atoms with Crippen LogP contribution in [0.2, 0.25) is 0 Å². The maximum Gasteiger partial charge on any atom is 0.253 e. The quantitative estimate of drug-likeness (QED) is 0.779. The van der Waals surface area contributed by atoms with Crippen molar-refractivity contribution in [3.63, 3.8) is 0 Å². The lowest BCUT2D eigenvalue weighted by molar-refractivity contribution is 0.0619. The first-order valence-electron chi connectivity index (χ1n) is 9.45. The molecule has 1 unspecified atom stereocenters. The van der Waals surface area contributed by atoms with E-state index in [0.29, 0.717) is 5.56 Å². The van der Waals surface area contributed by atoms with E-state index in [0.717, 1.165) is 38.9 Å². The van der Waals surface area contributed by atoms with Crippen molar-refractivity contribution in [2.24, 2.45) is 0 Å². The van der Waals surface area contributed by atoms with Gasteiger partial charge in [-0.2, -0.15) is 0 Å². The second kappa shape index (κ2) is 9.00. The van der Waals surface area contributed by atoms with E-state index in [1.807, 2.05) is 13.1 Å². The lowest BCUT2D eigenvalue weighted by Crippen LogP contribution is -2.49. The number of likely N-dealkylation sites (tertiary alicyclic amines) is 1. The maximum atomic E-state index is 13.9. The molecular formula is C22H27FN2O2. The van der Waals surface area contributed by atoms with Crippen molar-refractivity contribution in [2.75, 3.05) is 33.8 Å². The molecule has 0 aromatic heterocycles. The number of benzene rings is 2. The van der Waals surface area contributed by atoms with E-state index in [9.17, 15) is 9.18 Å². The molecule has 5 heteroatoms. The van der Waals surface area contributed by atoms with Crippen LogP contribution in [0.3, 0.4) is 0 Å². The summed E-state index contributed by atoms with van der Waals surface area (Å²) in [7, 11) is 3.23. The van der Waals surface area contributed by atoms with Gasteiger partial charge in [-0.05, 0) is 49.6 Å². The van der Waals surface area contributed by atoms with Crippen molar-refractivity contribution in [2.45, 2.75) is 25.3 Å². The van der Waals surface area contributed by atoms with Crippen molar-refractivity contribution < 1.29 is 13.9 Å². The largest absolute Gasteiger partial charge is 0.494 e. The van der Waals surface area contributed by atoms with Gasteiger partial charge in [-0.25, -0.2) is 4.39 Å². The van der Waals surface area contributed by atoms with Crippen molar-refractivity contribution in [3.05, 3.63) is 65.5 Å². The van der Waals surface area contributed by atoms with Crippen LogP contribution in [-0.4, -0.2) is 55.5 Å². The van der Waals surface area contributed by atoms with E-state index in [1.54, 1.807) is 11.0 Å². The third kappa shape index (κ3) is 4.86. The van der Waals surface area contributed by atoms with Gasteiger partial charge in [0.25, 0.3) is 5.91 Å². The number of halogens is 1. The highest BCUT2D eigenvalue weighted by molar-refractivity contribution is 5.94. The number of carbonyl (C=O) groups excluding carboxylic acids is 1. The molecule has 1 atom stereocenters. The average molecular weight is 370 g/mol. The molecular weight excluding hydrogens is 343 g/mol. The average Bonchev–Trinajstić information content (AvgIpc) is 2.72. The van der Waals surface area contributed by atoms with Crippen molar-refractivity contribution in [1.29, 1.82) is 0 Å². The summed E-state index contributed by atoms with van der Waals surface area (Å²) in [5.74, 6) is -0.504. The summed E-state index contributed by atoms with van der Waals surface area (Å²) in [5.41, 5.74) is 1.69. The smallest absolute Gasteiger partial charge is 0.253 e. The number of hydrogen-bond donors (Lipinski definition) is 0. The first-order chi connectivity index (χ1) is 13.1. The zero-order valence-electron chi connectivity index (χ0n) is 16.0. The Morgan fingerprint density at radius 3 is 2.74 bits per heavy atom. The first kappa shape index (κ1) is 19.4. The van der Waals surface area contributed by atoms with E-state index >= 15 is 0 Å². The molecule has 144 valence electrons. The predicted octanol–water partition coefficient (Wildman–Crippen LogP) is 3.61. The lowest BCUT2D eigenvalue weighted by Gasteiger charge is -2.37. The molecule has 0 spiro atoms. The topological polar surface area (TPSA) is 32.8 Å². The minimum absolute atomic E-state index is 0.146. The number of nitrogens with zero attached hydrogens (tertiary/aromatic N) is 2. The SMILES string of the molecule is COc1ccc(C(=O)N(C)C2CCCN(CCc3ccccc3)C2)cc1F. The highest BCUT2D eigenvalue weighted by atomic mass is 19.1. The highest BCUT2D eigenvalue weighted by Gasteiger charge is 2.27. The van der Waals surface area contributed by atoms with Gasteiger partial charge >= 0.3 is 0 Å². The summed E-state index contributed by atoms with van der Waals surface area (Å²) in [6, 6.07) is 15.0. The van der Waals surface area contributed by atoms with Crippen LogP contribution in [0.1, 0.15) is 28.8 Å². The minimum Gasteiger partial charge on any atom is -0.494 e. The van der Waals surface area contributed by atoms with Crippen LogP contribution in [0.15, 0.2) is 48.5 Å². The molecule has 0 radical (unpaired) electrons. The molecule has 1 aliphatic rings. The van der Waals surface area contributed by atoms with Crippen molar-refractivity contribution in [3.8, 4) is 5.75 Å². The molecule has 3 rings (SSSR count). The minimum atomic E-state index is -0.509. The number of hydrogen-bond acceptors (Lipinski definition) is 3. The molecule has 1 fully saturated rings. The molecule has 0 aliphatic carbocycles. The van der Waals surface area contributed by atoms with Crippen LogP contribution < -0.4 is 4.74 Å². The van der Waals surface area contributed by atoms with Crippen LogP contribution in [0.25, 0.3) is 0 Å². The van der Waals surface area contributed by atoms with Gasteiger partial charge in [-0.15, -0.1) is 0 Å². The van der Waals surface area contributed by atoms with Gasteiger partial charge in [-0.3, -0.25) is 4.79 Å². The van der Waals surface area contributed by atoms with Gasteiger partial charge in [0, 0.05) is 31.7 Å². The Labute approximate surface area is 160 Å². The van der Waals surface area contributed by atoms with Gasteiger partial charge < -0.3 is 14.5 Å². The summed E-state index contributed by atoms with van der Waals surface area (Å²) in [4.78, 5) is 17.0. The lowest BCUT2D eigenvalue weighted by atomic mass is 10.0. The fraction of sp³-hybridized carbons (Fsp3) is 0.409. The number of amides is 1. The Hall–Kier alpha value is -2.40. The van der Waals surface area contributed by atoms with Gasteiger partial charge in [-0.1, -0.05) is 30.3 Å². The molecule has 0 bridgehead atoms. The zero-order valence-corrected chi connectivity index (χ0v) is 16.0. The Bertz CT molecular complexity index is 766. The molecule has 1 heterocycles. The second-order valence-corrected chi connectivity index (χ2v) is 7.10. The Morgan fingerprint density at radius 1 is 1.26 bits per heavy atom. The molecule has 0 saturated carbocycles. The summed E-state index contributed by atoms with van der Waals surface area (Å²) >= 11 is 0. The summed E-state index contributed by atoms with van der Waals surface area (Å²) < 4.78 is 18.9. The van der Waals surface area contributed by atoms with Gasteiger partial charge in [0.15, 0.2) is 11.6 Å². The van der Waals surface area contributed by atoms with Gasteiger partial charge in [0.2, 0.25) is 0 Å². The van der Waals surface area contributed by atoms with Crippen LogP contribution in [0.5, 0.6) is 5.75 Å². The van der Waals surface area contributed by atoms with Gasteiger partial charge in [0.1, 0.15) is 0 Å². The first-order valence-corrected chi connectivity index (χ1v) is 9.45. The molecule has 2 aromatic rings. The van der Waals surface area contributed by atoms with E-state index in [1.165, 1.54) is 24.8 Å². The molecule has 4 nitrogen and oxygen atoms in total. The van der Waals surface area contributed by atoms with Crippen LogP contribution in [0, 0.1) is 5.82 Å². The predicted molar refractivity (Wildman–Crippen MR) is 105 cm³/mol. The number of likely N-dealkylation sites (N-methyl/N-ethyl adjacent to an activating group) is 1. The number of piperidine rings is 1. The summed E-state index contributed by atoms with van der Waals surface area (Å²) in [6.45, 7) is 2.90. The highest BCUT2D eigenvalue weighted by Crippen LogP contribution is 2.21. The van der Waals surface area contributed by atoms with Crippen molar-refractivity contribution >= 4 is 5.91 Å². The van der Waals surface area contributed by atoms with E-state index in [2.05, 4.69) is 29.2 Å². The molecule has 1 aliphatic heterocycles. The fourth-order valence-electron chi connectivity index (χ4n) is 3.65. The maximum absolute atomic E-state index is 13.9. The van der Waals surface area contributed by atoms with Crippen LogP contribution in [-0.2, 0) is 6.42 Å². The monoisotopic (exact) mass is 370 g/mol. The Morgan fingerprint density at radius 2 is 2.04 bits per heavy atom.